The van der Waals surface area contributed by atoms with Crippen LogP contribution >= 0.6 is 11.6 Å². The molecule has 0 unspecified atom stereocenters. The maximum Gasteiger partial charge on any atom is 0.222 e. The highest BCUT2D eigenvalue weighted by atomic mass is 35.5. The molecule has 2 aliphatic heterocycles. The first kappa shape index (κ1) is 25.5. The Morgan fingerprint density at radius 2 is 1.97 bits per heavy atom. The van der Waals surface area contributed by atoms with Gasteiger partial charge in [0.1, 0.15) is 18.0 Å². The lowest BCUT2D eigenvalue weighted by molar-refractivity contribution is -0.126. The van der Waals surface area contributed by atoms with Gasteiger partial charge in [-0.1, -0.05) is 11.6 Å². The first-order valence-electron chi connectivity index (χ1n) is 12.5. The highest BCUT2D eigenvalue weighted by Crippen LogP contribution is 2.40. The molecule has 1 N–H and O–H groups in total. The Kier molecular flexibility index (Phi) is 7.35. The summed E-state index contributed by atoms with van der Waals surface area (Å²) in [6.45, 7) is 4.39. The van der Waals surface area contributed by atoms with E-state index in [2.05, 4.69) is 20.2 Å². The van der Waals surface area contributed by atoms with Crippen molar-refractivity contribution < 1.29 is 18.7 Å². The number of carbonyl (C=O) groups is 1. The number of likely N-dealkylation sites (tertiary alicyclic amines) is 2. The van der Waals surface area contributed by atoms with Gasteiger partial charge in [-0.2, -0.15) is 0 Å². The second-order valence-electron chi connectivity index (χ2n) is 9.97. The molecule has 1 amide bonds. The van der Waals surface area contributed by atoms with E-state index < -0.39 is 5.82 Å². The van der Waals surface area contributed by atoms with E-state index >= 15 is 0 Å². The summed E-state index contributed by atoms with van der Waals surface area (Å²) in [6, 6.07) is 8.09. The summed E-state index contributed by atoms with van der Waals surface area (Å²) in [7, 11) is 3.51. The molecule has 37 heavy (non-hydrogen) atoms. The highest BCUT2D eigenvalue weighted by molar-refractivity contribution is 6.31. The van der Waals surface area contributed by atoms with Crippen LogP contribution in [0.1, 0.15) is 25.7 Å². The summed E-state index contributed by atoms with van der Waals surface area (Å²) in [5, 5.41) is 3.96. The number of hydrogen-bond donors (Lipinski definition) is 1. The van der Waals surface area contributed by atoms with E-state index in [1.165, 1.54) is 18.5 Å². The van der Waals surface area contributed by atoms with E-state index in [9.17, 15) is 9.18 Å². The number of aromatic nitrogens is 2. The lowest BCUT2D eigenvalue weighted by Gasteiger charge is -2.38. The van der Waals surface area contributed by atoms with Crippen molar-refractivity contribution in [3.63, 3.8) is 0 Å². The highest BCUT2D eigenvalue weighted by Gasteiger charge is 2.43. The van der Waals surface area contributed by atoms with Crippen molar-refractivity contribution in [1.29, 1.82) is 0 Å². The number of amides is 1. The Balaban J connectivity index is 1.21. The molecule has 1 aromatic heterocycles. The Morgan fingerprint density at radius 1 is 1.16 bits per heavy atom. The van der Waals surface area contributed by atoms with Crippen molar-refractivity contribution in [3.8, 4) is 11.5 Å². The maximum absolute atomic E-state index is 13.6. The molecule has 1 spiro atoms. The Morgan fingerprint density at radius 3 is 2.68 bits per heavy atom. The van der Waals surface area contributed by atoms with Gasteiger partial charge in [0.05, 0.1) is 24.3 Å². The smallest absolute Gasteiger partial charge is 0.222 e. The van der Waals surface area contributed by atoms with Crippen LogP contribution < -0.4 is 14.8 Å². The van der Waals surface area contributed by atoms with Crippen LogP contribution in [0.15, 0.2) is 36.7 Å². The molecule has 5 rings (SSSR count). The second kappa shape index (κ2) is 10.7. The zero-order valence-corrected chi connectivity index (χ0v) is 21.9. The molecule has 2 aliphatic rings. The summed E-state index contributed by atoms with van der Waals surface area (Å²) >= 11 is 5.93. The van der Waals surface area contributed by atoms with E-state index in [0.717, 1.165) is 50.8 Å². The molecule has 3 aromatic rings. The normalized spacial score (nSPS) is 17.5. The molecular weight excluding hydrogens is 497 g/mol. The second-order valence-corrected chi connectivity index (χ2v) is 10.4. The predicted molar refractivity (Wildman–Crippen MR) is 141 cm³/mol. The first-order chi connectivity index (χ1) is 17.9. The van der Waals surface area contributed by atoms with Crippen LogP contribution in [0.2, 0.25) is 5.02 Å². The molecule has 0 bridgehead atoms. The van der Waals surface area contributed by atoms with Crippen molar-refractivity contribution >= 4 is 39.9 Å². The molecule has 2 saturated heterocycles. The molecule has 0 saturated carbocycles. The van der Waals surface area contributed by atoms with Gasteiger partial charge >= 0.3 is 0 Å². The van der Waals surface area contributed by atoms with Crippen LogP contribution in [0.5, 0.6) is 11.5 Å². The fraction of sp³-hybridized carbons (Fsp3) is 0.444. The maximum atomic E-state index is 13.6. The standard InChI is InChI=1S/C27H31ClFN5O3/c1-33-16-27(15-25(33)35)6-9-34(10-7-27)8-3-11-37-24-13-19-22(14-23(24)36-2)30-17-31-26(19)32-18-4-5-21(29)20(28)12-18/h4-5,12-14,17H,3,6-11,15-16H2,1-2H3,(H,30,31,32). The summed E-state index contributed by atoms with van der Waals surface area (Å²) in [6.07, 6.45) is 5.15. The van der Waals surface area contributed by atoms with Crippen molar-refractivity contribution in [3.05, 3.63) is 47.5 Å². The quantitative estimate of drug-likeness (QED) is 0.418. The topological polar surface area (TPSA) is 79.8 Å². The molecule has 0 atom stereocenters. The average molecular weight is 528 g/mol. The van der Waals surface area contributed by atoms with Gasteiger partial charge in [0.2, 0.25) is 5.91 Å². The lowest BCUT2D eigenvalue weighted by Crippen LogP contribution is -2.41. The number of halogens is 2. The van der Waals surface area contributed by atoms with Crippen molar-refractivity contribution in [2.45, 2.75) is 25.7 Å². The molecule has 8 nitrogen and oxygen atoms in total. The van der Waals surface area contributed by atoms with Crippen LogP contribution in [0, 0.1) is 11.2 Å². The zero-order valence-electron chi connectivity index (χ0n) is 21.1. The number of piperidine rings is 1. The fourth-order valence-electron chi connectivity index (χ4n) is 5.31. The molecule has 3 heterocycles. The van der Waals surface area contributed by atoms with Crippen molar-refractivity contribution in [2.24, 2.45) is 5.41 Å². The van der Waals surface area contributed by atoms with Gasteiger partial charge in [-0.05, 0) is 62.0 Å². The van der Waals surface area contributed by atoms with E-state index in [1.54, 1.807) is 13.2 Å². The largest absolute Gasteiger partial charge is 0.493 e. The van der Waals surface area contributed by atoms with Gasteiger partial charge in [-0.3, -0.25) is 4.79 Å². The molecular formula is C27H31ClFN5O3. The van der Waals surface area contributed by atoms with E-state index in [0.29, 0.717) is 41.5 Å². The molecule has 2 fully saturated rings. The van der Waals surface area contributed by atoms with Crippen LogP contribution in [-0.4, -0.2) is 72.6 Å². The van der Waals surface area contributed by atoms with Gasteiger partial charge in [0.25, 0.3) is 0 Å². The van der Waals surface area contributed by atoms with Crippen LogP contribution in [0.4, 0.5) is 15.9 Å². The Labute approximate surface area is 220 Å². The van der Waals surface area contributed by atoms with Gasteiger partial charge in [0.15, 0.2) is 11.5 Å². The zero-order chi connectivity index (χ0) is 26.0. The van der Waals surface area contributed by atoms with E-state index in [-0.39, 0.29) is 16.3 Å². The van der Waals surface area contributed by atoms with Gasteiger partial charge in [0, 0.05) is 43.7 Å². The summed E-state index contributed by atoms with van der Waals surface area (Å²) in [5.41, 5.74) is 1.47. The third-order valence-electron chi connectivity index (χ3n) is 7.42. The molecule has 0 aliphatic carbocycles. The monoisotopic (exact) mass is 527 g/mol. The number of hydrogen-bond acceptors (Lipinski definition) is 7. The molecule has 10 heteroatoms. The molecule has 0 radical (unpaired) electrons. The Bertz CT molecular complexity index is 1300. The predicted octanol–water partition coefficient (Wildman–Crippen LogP) is 4.89. The van der Waals surface area contributed by atoms with Gasteiger partial charge in [-0.15, -0.1) is 0 Å². The summed E-state index contributed by atoms with van der Waals surface area (Å²) < 4.78 is 25.2. The number of nitrogens with zero attached hydrogens (tertiary/aromatic N) is 4. The molecule has 2 aromatic carbocycles. The minimum absolute atomic E-state index is 0.0296. The van der Waals surface area contributed by atoms with Gasteiger partial charge in [-0.25, -0.2) is 14.4 Å². The van der Waals surface area contributed by atoms with E-state index in [4.69, 9.17) is 21.1 Å². The number of carbonyl (C=O) groups excluding carboxylic acids is 1. The molecule has 196 valence electrons. The minimum atomic E-state index is -0.481. The summed E-state index contributed by atoms with van der Waals surface area (Å²) in [4.78, 5) is 25.1. The van der Waals surface area contributed by atoms with Gasteiger partial charge < -0.3 is 24.6 Å². The first-order valence-corrected chi connectivity index (χ1v) is 12.9. The number of nitrogens with one attached hydrogen (secondary N) is 1. The number of methoxy groups -OCH3 is 1. The number of benzene rings is 2. The lowest BCUT2D eigenvalue weighted by atomic mass is 9.77. The minimum Gasteiger partial charge on any atom is -0.493 e. The number of rotatable bonds is 8. The fourth-order valence-corrected chi connectivity index (χ4v) is 5.49. The average Bonchev–Trinajstić information content (AvgIpc) is 3.17. The van der Waals surface area contributed by atoms with Crippen molar-refractivity contribution in [1.82, 2.24) is 19.8 Å². The third kappa shape index (κ3) is 5.57. The van der Waals surface area contributed by atoms with Crippen molar-refractivity contribution in [2.75, 3.05) is 52.3 Å². The van der Waals surface area contributed by atoms with E-state index in [1.807, 2.05) is 24.1 Å². The number of ether oxygens (including phenoxy) is 2. The third-order valence-corrected chi connectivity index (χ3v) is 7.71. The Hall–Kier alpha value is -3.17. The van der Waals surface area contributed by atoms with Crippen LogP contribution in [0.25, 0.3) is 10.9 Å². The number of anilines is 2. The summed E-state index contributed by atoms with van der Waals surface area (Å²) in [5.74, 6) is 1.55. The van der Waals surface area contributed by atoms with Crippen LogP contribution in [-0.2, 0) is 4.79 Å². The van der Waals surface area contributed by atoms with Crippen LogP contribution in [0.3, 0.4) is 0 Å². The number of fused-ring (bicyclic) bond motifs is 1. The SMILES string of the molecule is COc1cc2ncnc(Nc3ccc(F)c(Cl)c3)c2cc1OCCCN1CCC2(CC1)CC(=O)N(C)C2.